The molecule has 5 nitrogen and oxygen atoms in total. The van der Waals surface area contributed by atoms with Gasteiger partial charge in [0.25, 0.3) is 5.69 Å². The lowest BCUT2D eigenvalue weighted by molar-refractivity contribution is -0.384. The second-order valence-corrected chi connectivity index (χ2v) is 3.14. The summed E-state index contributed by atoms with van der Waals surface area (Å²) in [5, 5.41) is 10.5. The predicted molar refractivity (Wildman–Crippen MR) is 51.4 cm³/mol. The maximum Gasteiger partial charge on any atom is 0.294 e. The third-order valence-electron chi connectivity index (χ3n) is 1.37. The first-order chi connectivity index (χ1) is 6.15. The van der Waals surface area contributed by atoms with Gasteiger partial charge in [-0.05, 0) is 12.1 Å². The van der Waals surface area contributed by atoms with Crippen molar-refractivity contribution < 1.29 is 9.76 Å². The molecule has 0 amide bonds. The number of nitrogens with zero attached hydrogens (tertiary/aromatic N) is 1. The Morgan fingerprint density at radius 2 is 2.31 bits per heavy atom. The molecule has 0 radical (unpaired) electrons. The first-order valence-corrected chi connectivity index (χ1v) is 4.17. The molecule has 0 aliphatic heterocycles. The zero-order valence-electron chi connectivity index (χ0n) is 6.78. The van der Waals surface area contributed by atoms with Crippen molar-refractivity contribution in [2.45, 2.75) is 0 Å². The molecular formula is C7H7BrN2O3. The zero-order valence-corrected chi connectivity index (χ0v) is 8.37. The van der Waals surface area contributed by atoms with E-state index in [2.05, 4.69) is 26.2 Å². The molecular weight excluding hydrogens is 240 g/mol. The Balaban J connectivity index is 3.10. The van der Waals surface area contributed by atoms with Gasteiger partial charge in [-0.25, -0.2) is 0 Å². The SMILES string of the molecule is CONc1cc(Br)ccc1[N+](=O)[O-]. The van der Waals surface area contributed by atoms with Crippen molar-refractivity contribution in [3.8, 4) is 0 Å². The van der Waals surface area contributed by atoms with Crippen molar-refractivity contribution in [2.24, 2.45) is 0 Å². The number of halogens is 1. The highest BCUT2D eigenvalue weighted by atomic mass is 79.9. The van der Waals surface area contributed by atoms with Crippen LogP contribution in [-0.4, -0.2) is 12.0 Å². The lowest BCUT2D eigenvalue weighted by Gasteiger charge is -2.03. The quantitative estimate of drug-likeness (QED) is 0.657. The lowest BCUT2D eigenvalue weighted by Crippen LogP contribution is -2.00. The molecule has 0 aliphatic rings. The van der Waals surface area contributed by atoms with Gasteiger partial charge in [0, 0.05) is 10.5 Å². The highest BCUT2D eigenvalue weighted by Crippen LogP contribution is 2.27. The van der Waals surface area contributed by atoms with Crippen LogP contribution in [0.2, 0.25) is 0 Å². The fourth-order valence-corrected chi connectivity index (χ4v) is 1.22. The molecule has 0 aliphatic carbocycles. The average Bonchev–Trinajstić information content (AvgIpc) is 2.04. The van der Waals surface area contributed by atoms with Crippen LogP contribution in [0.3, 0.4) is 0 Å². The Labute approximate surface area is 82.9 Å². The van der Waals surface area contributed by atoms with E-state index < -0.39 is 4.92 Å². The van der Waals surface area contributed by atoms with Crippen molar-refractivity contribution in [2.75, 3.05) is 12.6 Å². The van der Waals surface area contributed by atoms with Crippen molar-refractivity contribution in [3.05, 3.63) is 32.8 Å². The van der Waals surface area contributed by atoms with E-state index in [9.17, 15) is 10.1 Å². The molecule has 1 aromatic rings. The van der Waals surface area contributed by atoms with Gasteiger partial charge in [0.05, 0.1) is 12.0 Å². The highest BCUT2D eigenvalue weighted by Gasteiger charge is 2.12. The van der Waals surface area contributed by atoms with Crippen molar-refractivity contribution in [1.29, 1.82) is 0 Å². The summed E-state index contributed by atoms with van der Waals surface area (Å²) in [4.78, 5) is 14.6. The number of nitro groups is 1. The summed E-state index contributed by atoms with van der Waals surface area (Å²) in [5.74, 6) is 0. The maximum atomic E-state index is 10.5. The van der Waals surface area contributed by atoms with Gasteiger partial charge in [-0.2, -0.15) is 0 Å². The lowest BCUT2D eigenvalue weighted by atomic mass is 10.3. The zero-order chi connectivity index (χ0) is 9.84. The van der Waals surface area contributed by atoms with Crippen molar-refractivity contribution in [1.82, 2.24) is 0 Å². The van der Waals surface area contributed by atoms with Crippen LogP contribution in [0.4, 0.5) is 11.4 Å². The van der Waals surface area contributed by atoms with Gasteiger partial charge in [-0.1, -0.05) is 15.9 Å². The van der Waals surface area contributed by atoms with E-state index in [-0.39, 0.29) is 5.69 Å². The molecule has 1 rings (SSSR count). The molecule has 0 spiro atoms. The van der Waals surface area contributed by atoms with Gasteiger partial charge in [0.15, 0.2) is 0 Å². The Bertz CT molecular complexity index is 330. The van der Waals surface area contributed by atoms with E-state index in [1.54, 1.807) is 12.1 Å². The fourth-order valence-electron chi connectivity index (χ4n) is 0.859. The van der Waals surface area contributed by atoms with Crippen molar-refractivity contribution in [3.63, 3.8) is 0 Å². The van der Waals surface area contributed by atoms with Gasteiger partial charge < -0.3 is 0 Å². The third kappa shape index (κ3) is 2.40. The largest absolute Gasteiger partial charge is 0.294 e. The molecule has 6 heteroatoms. The number of rotatable bonds is 3. The highest BCUT2D eigenvalue weighted by molar-refractivity contribution is 9.10. The molecule has 0 fully saturated rings. The first kappa shape index (κ1) is 9.94. The van der Waals surface area contributed by atoms with Gasteiger partial charge in [0.2, 0.25) is 0 Å². The molecule has 70 valence electrons. The third-order valence-corrected chi connectivity index (χ3v) is 1.86. The first-order valence-electron chi connectivity index (χ1n) is 3.38. The van der Waals surface area contributed by atoms with Crippen LogP contribution in [0, 0.1) is 10.1 Å². The molecule has 0 aromatic heterocycles. The molecule has 0 saturated heterocycles. The van der Waals surface area contributed by atoms with E-state index in [0.717, 1.165) is 4.47 Å². The fraction of sp³-hybridized carbons (Fsp3) is 0.143. The number of nitro benzene ring substituents is 1. The van der Waals surface area contributed by atoms with Gasteiger partial charge in [0.1, 0.15) is 5.69 Å². The molecule has 1 N–H and O–H groups in total. The van der Waals surface area contributed by atoms with E-state index >= 15 is 0 Å². The van der Waals surface area contributed by atoms with E-state index in [1.807, 2.05) is 0 Å². The molecule has 0 bridgehead atoms. The Morgan fingerprint density at radius 3 is 2.85 bits per heavy atom. The number of nitrogens with one attached hydrogen (secondary N) is 1. The van der Waals surface area contributed by atoms with Crippen LogP contribution in [0.15, 0.2) is 22.7 Å². The Kier molecular flexibility index (Phi) is 3.21. The van der Waals surface area contributed by atoms with Crippen LogP contribution in [-0.2, 0) is 4.84 Å². The average molecular weight is 247 g/mol. The molecule has 0 heterocycles. The minimum absolute atomic E-state index is 0.0231. The summed E-state index contributed by atoms with van der Waals surface area (Å²) in [5.41, 5.74) is 2.72. The summed E-state index contributed by atoms with van der Waals surface area (Å²) < 4.78 is 0.748. The van der Waals surface area contributed by atoms with E-state index in [1.165, 1.54) is 13.2 Å². The second kappa shape index (κ2) is 4.20. The summed E-state index contributed by atoms with van der Waals surface area (Å²) in [7, 11) is 1.39. The minimum atomic E-state index is -0.478. The molecule has 0 unspecified atom stereocenters. The Hall–Kier alpha value is -1.14. The number of anilines is 1. The summed E-state index contributed by atoms with van der Waals surface area (Å²) >= 11 is 3.20. The van der Waals surface area contributed by atoms with Crippen LogP contribution < -0.4 is 5.48 Å². The second-order valence-electron chi connectivity index (χ2n) is 2.22. The van der Waals surface area contributed by atoms with Crippen LogP contribution in [0.1, 0.15) is 0 Å². The Morgan fingerprint density at radius 1 is 1.62 bits per heavy atom. The van der Waals surface area contributed by atoms with E-state index in [4.69, 9.17) is 0 Å². The van der Waals surface area contributed by atoms with Crippen molar-refractivity contribution >= 4 is 27.3 Å². The van der Waals surface area contributed by atoms with Crippen LogP contribution in [0.5, 0.6) is 0 Å². The normalized spacial score (nSPS) is 9.69. The predicted octanol–water partition coefficient (Wildman–Crippen LogP) is 2.33. The molecule has 0 atom stereocenters. The van der Waals surface area contributed by atoms with E-state index in [0.29, 0.717) is 5.69 Å². The standard InChI is InChI=1S/C7H7BrN2O3/c1-13-9-6-4-5(8)2-3-7(6)10(11)12/h2-4,9H,1H3. The number of hydrogen-bond donors (Lipinski definition) is 1. The number of hydrogen-bond acceptors (Lipinski definition) is 4. The summed E-state index contributed by atoms with van der Waals surface area (Å²) in [6, 6.07) is 4.56. The minimum Gasteiger partial charge on any atom is -0.279 e. The number of benzene rings is 1. The van der Waals surface area contributed by atoms with Gasteiger partial charge in [-0.15, -0.1) is 0 Å². The molecule has 1 aromatic carbocycles. The maximum absolute atomic E-state index is 10.5. The molecule has 13 heavy (non-hydrogen) atoms. The smallest absolute Gasteiger partial charge is 0.279 e. The monoisotopic (exact) mass is 246 g/mol. The summed E-state index contributed by atoms with van der Waals surface area (Å²) in [6.07, 6.45) is 0. The topological polar surface area (TPSA) is 64.4 Å². The molecule has 0 saturated carbocycles. The van der Waals surface area contributed by atoms with Crippen LogP contribution >= 0.6 is 15.9 Å². The summed E-state index contributed by atoms with van der Waals surface area (Å²) in [6.45, 7) is 0. The van der Waals surface area contributed by atoms with Gasteiger partial charge >= 0.3 is 0 Å². The van der Waals surface area contributed by atoms with Crippen LogP contribution in [0.25, 0.3) is 0 Å². The van der Waals surface area contributed by atoms with Gasteiger partial charge in [-0.3, -0.25) is 20.4 Å².